The lowest BCUT2D eigenvalue weighted by Gasteiger charge is -2.31. The molecule has 3 rings (SSSR count). The number of fused-ring (bicyclic) bond motifs is 1. The van der Waals surface area contributed by atoms with Crippen molar-refractivity contribution in [2.45, 2.75) is 77.8 Å². The molecule has 0 bridgehead atoms. The van der Waals surface area contributed by atoms with E-state index >= 15 is 0 Å². The van der Waals surface area contributed by atoms with E-state index in [-0.39, 0.29) is 11.5 Å². The summed E-state index contributed by atoms with van der Waals surface area (Å²) in [5.74, 6) is 0.661. The lowest BCUT2D eigenvalue weighted by Crippen LogP contribution is -2.31. The van der Waals surface area contributed by atoms with Crippen molar-refractivity contribution in [3.63, 3.8) is 0 Å². The van der Waals surface area contributed by atoms with Crippen LogP contribution >= 0.6 is 0 Å². The number of hydrogen-bond acceptors (Lipinski definition) is 3. The summed E-state index contributed by atoms with van der Waals surface area (Å²) in [6, 6.07) is 4.63. The van der Waals surface area contributed by atoms with Crippen molar-refractivity contribution in [3.05, 3.63) is 34.4 Å². The van der Waals surface area contributed by atoms with Crippen LogP contribution in [0.4, 0.5) is 0 Å². The van der Waals surface area contributed by atoms with E-state index < -0.39 is 0 Å². The Morgan fingerprint density at radius 2 is 1.88 bits per heavy atom. The maximum Gasteiger partial charge on any atom is 0.141 e. The summed E-state index contributed by atoms with van der Waals surface area (Å²) in [6.07, 6.45) is 7.30. The largest absolute Gasteiger partial charge is 0.305 e. The normalized spacial score (nSPS) is 20.0. The lowest BCUT2D eigenvalue weighted by molar-refractivity contribution is -0.122. The van der Waals surface area contributed by atoms with Gasteiger partial charge in [0.05, 0.1) is 11.3 Å². The number of Topliss-reactive ketones (excluding diaryl/α,β-unsaturated/α-hetero) is 1. The molecule has 1 aromatic rings. The van der Waals surface area contributed by atoms with Crippen molar-refractivity contribution in [3.8, 4) is 0 Å². The molecule has 1 aliphatic heterocycles. The third-order valence-corrected chi connectivity index (χ3v) is 5.82. The summed E-state index contributed by atoms with van der Waals surface area (Å²) in [6.45, 7) is 7.49. The highest BCUT2D eigenvalue weighted by molar-refractivity contribution is 6.13. The lowest BCUT2D eigenvalue weighted by atomic mass is 9.80. The second kappa shape index (κ2) is 7.64. The fourth-order valence-corrected chi connectivity index (χ4v) is 4.54. The molecule has 0 amide bonds. The van der Waals surface area contributed by atoms with Crippen LogP contribution in [-0.2, 0) is 17.8 Å². The first-order valence-corrected chi connectivity index (χ1v) is 10.1. The third kappa shape index (κ3) is 4.43. The highest BCUT2D eigenvalue weighted by atomic mass is 16.1. The molecule has 0 radical (unpaired) electrons. The summed E-state index contributed by atoms with van der Waals surface area (Å²) in [4.78, 5) is 20.2. The highest BCUT2D eigenvalue weighted by Gasteiger charge is 2.30. The van der Waals surface area contributed by atoms with E-state index in [1.54, 1.807) is 0 Å². The van der Waals surface area contributed by atoms with Crippen LogP contribution < -0.4 is 0 Å². The molecule has 1 heterocycles. The topological polar surface area (TPSA) is 32.7 Å². The van der Waals surface area contributed by atoms with Gasteiger partial charge in [-0.05, 0) is 82.4 Å². The number of aliphatic imine (C=N–C) groups is 1. The van der Waals surface area contributed by atoms with Gasteiger partial charge in [-0.3, -0.25) is 9.79 Å². The fourth-order valence-electron chi connectivity index (χ4n) is 4.54. The monoisotopic (exact) mass is 354 g/mol. The van der Waals surface area contributed by atoms with Crippen molar-refractivity contribution in [1.29, 1.82) is 0 Å². The maximum absolute atomic E-state index is 12.9. The van der Waals surface area contributed by atoms with E-state index in [4.69, 9.17) is 4.99 Å². The van der Waals surface area contributed by atoms with Gasteiger partial charge in [-0.25, -0.2) is 0 Å². The molecular weight excluding hydrogens is 320 g/mol. The Bertz CT molecular complexity index is 709. The van der Waals surface area contributed by atoms with E-state index in [1.165, 1.54) is 41.5 Å². The number of benzene rings is 1. The molecule has 0 atom stereocenters. The smallest absolute Gasteiger partial charge is 0.141 e. The zero-order chi connectivity index (χ0) is 18.9. The van der Waals surface area contributed by atoms with Crippen LogP contribution in [0.3, 0.4) is 0 Å². The summed E-state index contributed by atoms with van der Waals surface area (Å²) in [7, 11) is 4.20. The Hall–Kier alpha value is -1.48. The van der Waals surface area contributed by atoms with Gasteiger partial charge in [0.15, 0.2) is 0 Å². The van der Waals surface area contributed by atoms with Crippen LogP contribution in [0.2, 0.25) is 0 Å². The van der Waals surface area contributed by atoms with Crippen LogP contribution in [0.1, 0.15) is 74.6 Å². The van der Waals surface area contributed by atoms with E-state index in [1.807, 2.05) is 0 Å². The average molecular weight is 355 g/mol. The van der Waals surface area contributed by atoms with E-state index in [2.05, 4.69) is 51.9 Å². The number of carbonyl (C=O) groups is 1. The molecule has 0 aromatic heterocycles. The molecule has 142 valence electrons. The zero-order valence-corrected chi connectivity index (χ0v) is 17.2. The molecule has 3 heteroatoms. The molecule has 26 heavy (non-hydrogen) atoms. The van der Waals surface area contributed by atoms with Gasteiger partial charge in [0, 0.05) is 18.9 Å². The molecule has 2 aliphatic rings. The van der Waals surface area contributed by atoms with Crippen molar-refractivity contribution in [1.82, 2.24) is 4.90 Å². The first-order chi connectivity index (χ1) is 12.2. The number of carbonyl (C=O) groups excluding carboxylic acids is 1. The van der Waals surface area contributed by atoms with Crippen molar-refractivity contribution in [2.24, 2.45) is 10.9 Å². The van der Waals surface area contributed by atoms with Gasteiger partial charge in [-0.2, -0.15) is 0 Å². The standard InChI is InChI=1S/C23H34N2O/c1-16-11-18-14-23(2,3)24-21(20(18)12-19(16)15-25(4)5)13-22(26)17-9-7-6-8-10-17/h11-12,17H,6-10,13-15H2,1-5H3. The minimum Gasteiger partial charge on any atom is -0.305 e. The molecule has 0 saturated heterocycles. The van der Waals surface area contributed by atoms with Gasteiger partial charge >= 0.3 is 0 Å². The number of ketones is 1. The molecule has 0 spiro atoms. The van der Waals surface area contributed by atoms with Gasteiger partial charge in [0.1, 0.15) is 5.78 Å². The number of nitrogens with zero attached hydrogens (tertiary/aromatic N) is 2. The molecule has 1 aliphatic carbocycles. The SMILES string of the molecule is Cc1cc2c(cc1CN(C)C)C(CC(=O)C1CCCCC1)=NC(C)(C)C2. The summed E-state index contributed by atoms with van der Waals surface area (Å²) in [5, 5.41) is 0. The van der Waals surface area contributed by atoms with Gasteiger partial charge in [0.25, 0.3) is 0 Å². The van der Waals surface area contributed by atoms with E-state index in [0.29, 0.717) is 12.2 Å². The molecule has 0 N–H and O–H groups in total. The quantitative estimate of drug-likeness (QED) is 0.766. The Balaban J connectivity index is 1.91. The highest BCUT2D eigenvalue weighted by Crippen LogP contribution is 2.32. The Morgan fingerprint density at radius 3 is 2.54 bits per heavy atom. The third-order valence-electron chi connectivity index (χ3n) is 5.82. The van der Waals surface area contributed by atoms with Crippen LogP contribution in [-0.4, -0.2) is 36.0 Å². The zero-order valence-electron chi connectivity index (χ0n) is 17.2. The average Bonchev–Trinajstić information content (AvgIpc) is 2.55. The van der Waals surface area contributed by atoms with Gasteiger partial charge in [-0.15, -0.1) is 0 Å². The second-order valence-corrected chi connectivity index (χ2v) is 9.20. The van der Waals surface area contributed by atoms with Gasteiger partial charge in [0.2, 0.25) is 0 Å². The van der Waals surface area contributed by atoms with Gasteiger partial charge < -0.3 is 4.90 Å². The minimum atomic E-state index is -0.120. The number of aryl methyl sites for hydroxylation is 1. The van der Waals surface area contributed by atoms with Gasteiger partial charge in [-0.1, -0.05) is 25.3 Å². The van der Waals surface area contributed by atoms with Crippen molar-refractivity contribution in [2.75, 3.05) is 14.1 Å². The van der Waals surface area contributed by atoms with Crippen LogP contribution in [0.5, 0.6) is 0 Å². The fraction of sp³-hybridized carbons (Fsp3) is 0.652. The van der Waals surface area contributed by atoms with E-state index in [9.17, 15) is 4.79 Å². The van der Waals surface area contributed by atoms with Crippen LogP contribution in [0.25, 0.3) is 0 Å². The molecule has 1 aromatic carbocycles. The summed E-state index contributed by atoms with van der Waals surface area (Å²) >= 11 is 0. The Kier molecular flexibility index (Phi) is 5.67. The summed E-state index contributed by atoms with van der Waals surface area (Å²) < 4.78 is 0. The molecule has 1 fully saturated rings. The predicted molar refractivity (Wildman–Crippen MR) is 109 cm³/mol. The second-order valence-electron chi connectivity index (χ2n) is 9.20. The Labute approximate surface area is 158 Å². The Morgan fingerprint density at radius 1 is 1.19 bits per heavy atom. The first-order valence-electron chi connectivity index (χ1n) is 10.1. The van der Waals surface area contributed by atoms with Crippen LogP contribution in [0.15, 0.2) is 17.1 Å². The molecule has 3 nitrogen and oxygen atoms in total. The molecular formula is C23H34N2O. The minimum absolute atomic E-state index is 0.120. The first kappa shape index (κ1) is 19.3. The van der Waals surface area contributed by atoms with Crippen LogP contribution in [0, 0.1) is 12.8 Å². The van der Waals surface area contributed by atoms with E-state index in [0.717, 1.165) is 31.5 Å². The number of rotatable bonds is 5. The van der Waals surface area contributed by atoms with Crippen molar-refractivity contribution >= 4 is 11.5 Å². The molecule has 1 saturated carbocycles. The predicted octanol–water partition coefficient (Wildman–Crippen LogP) is 4.72. The van der Waals surface area contributed by atoms with Crippen molar-refractivity contribution < 1.29 is 4.79 Å². The molecule has 0 unspecified atom stereocenters. The number of hydrogen-bond donors (Lipinski definition) is 0. The summed E-state index contributed by atoms with van der Waals surface area (Å²) in [5.41, 5.74) is 6.16. The maximum atomic E-state index is 12.9.